The van der Waals surface area contributed by atoms with Crippen molar-refractivity contribution in [1.29, 1.82) is 0 Å². The third-order valence-corrected chi connectivity index (χ3v) is 6.81. The number of hydrogen-bond donors (Lipinski definition) is 0. The van der Waals surface area contributed by atoms with E-state index in [-0.39, 0.29) is 5.41 Å². The summed E-state index contributed by atoms with van der Waals surface area (Å²) in [5, 5.41) is 0. The average Bonchev–Trinajstić information content (AvgIpc) is 3.31. The third-order valence-electron chi connectivity index (χ3n) is 6.81. The van der Waals surface area contributed by atoms with E-state index in [1.165, 1.54) is 50.1 Å². The van der Waals surface area contributed by atoms with Gasteiger partial charge in [-0.3, -0.25) is 0 Å². The molecule has 0 aliphatic heterocycles. The Kier molecular flexibility index (Phi) is 5.60. The zero-order chi connectivity index (χ0) is 22.8. The molecule has 0 fully saturated rings. The van der Waals surface area contributed by atoms with E-state index in [0.717, 1.165) is 6.42 Å². The van der Waals surface area contributed by atoms with Gasteiger partial charge in [-0.15, -0.1) is 0 Å². The van der Waals surface area contributed by atoms with Crippen molar-refractivity contribution in [1.82, 2.24) is 0 Å². The second kappa shape index (κ2) is 8.71. The van der Waals surface area contributed by atoms with Crippen LogP contribution in [0.15, 0.2) is 121 Å². The molecule has 0 spiro atoms. The van der Waals surface area contributed by atoms with E-state index in [2.05, 4.69) is 136 Å². The largest absolute Gasteiger partial charge is 0.0725 e. The minimum absolute atomic E-state index is 0.350. The lowest BCUT2D eigenvalue weighted by atomic mass is 9.63. The molecule has 162 valence electrons. The first-order chi connectivity index (χ1) is 16.1. The van der Waals surface area contributed by atoms with E-state index in [4.69, 9.17) is 0 Å². The third kappa shape index (κ3) is 3.87. The molecule has 0 heteroatoms. The van der Waals surface area contributed by atoms with Crippen LogP contribution in [0.3, 0.4) is 0 Å². The number of hydrogen-bond acceptors (Lipinski definition) is 0. The second-order valence-corrected chi connectivity index (χ2v) is 9.26. The molecule has 0 radical (unpaired) electrons. The maximum absolute atomic E-state index is 2.43. The van der Waals surface area contributed by atoms with Crippen LogP contribution < -0.4 is 0 Å². The highest BCUT2D eigenvalue weighted by Crippen LogP contribution is 2.49. The molecule has 1 aliphatic carbocycles. The van der Waals surface area contributed by atoms with Gasteiger partial charge in [0.25, 0.3) is 0 Å². The summed E-state index contributed by atoms with van der Waals surface area (Å²) in [4.78, 5) is 0. The Morgan fingerprint density at radius 2 is 1.03 bits per heavy atom. The quantitative estimate of drug-likeness (QED) is 0.281. The van der Waals surface area contributed by atoms with E-state index >= 15 is 0 Å². The maximum atomic E-state index is 2.43. The lowest BCUT2D eigenvalue weighted by molar-refractivity contribution is 0.709. The minimum Gasteiger partial charge on any atom is -0.0725 e. The summed E-state index contributed by atoms with van der Waals surface area (Å²) in [5.74, 6) is 0. The van der Waals surface area contributed by atoms with E-state index in [1.807, 2.05) is 0 Å². The highest BCUT2D eigenvalue weighted by Gasteiger charge is 2.41. The Hall–Kier alpha value is -3.64. The number of rotatable bonds is 5. The van der Waals surface area contributed by atoms with Crippen LogP contribution in [0.25, 0.3) is 5.57 Å². The fourth-order valence-electron chi connectivity index (χ4n) is 5.31. The summed E-state index contributed by atoms with van der Waals surface area (Å²) in [7, 11) is 0. The topological polar surface area (TPSA) is 0 Å². The van der Waals surface area contributed by atoms with Gasteiger partial charge in [-0.1, -0.05) is 132 Å². The van der Waals surface area contributed by atoms with Crippen molar-refractivity contribution in [2.75, 3.05) is 0 Å². The molecule has 0 nitrogen and oxygen atoms in total. The lowest BCUT2D eigenvalue weighted by Gasteiger charge is -2.38. The van der Waals surface area contributed by atoms with E-state index < -0.39 is 0 Å². The van der Waals surface area contributed by atoms with Crippen molar-refractivity contribution >= 4 is 5.57 Å². The fourth-order valence-corrected chi connectivity index (χ4v) is 5.31. The van der Waals surface area contributed by atoms with Crippen LogP contribution in [0.5, 0.6) is 0 Å². The Bertz CT molecular complexity index is 1240. The normalized spacial score (nSPS) is 13.5. The molecule has 0 aromatic heterocycles. The fraction of sp³-hybridized carbons (Fsp3) is 0.152. The van der Waals surface area contributed by atoms with Gasteiger partial charge in [0, 0.05) is 0 Å². The first-order valence-electron chi connectivity index (χ1n) is 11.8. The summed E-state index contributed by atoms with van der Waals surface area (Å²) in [6.07, 6.45) is 5.75. The summed E-state index contributed by atoms with van der Waals surface area (Å²) in [6, 6.07) is 37.9. The molecule has 0 unspecified atom stereocenters. The Morgan fingerprint density at radius 1 is 0.545 bits per heavy atom. The van der Waals surface area contributed by atoms with Gasteiger partial charge >= 0.3 is 0 Å². The first-order valence-corrected chi connectivity index (χ1v) is 11.8. The summed E-state index contributed by atoms with van der Waals surface area (Å²) < 4.78 is 0. The molecule has 0 saturated heterocycles. The number of aryl methyl sites for hydroxylation is 3. The van der Waals surface area contributed by atoms with Crippen molar-refractivity contribution in [2.24, 2.45) is 0 Å². The molecular weight excluding hydrogens is 396 g/mol. The van der Waals surface area contributed by atoms with Gasteiger partial charge in [0.1, 0.15) is 0 Å². The molecule has 0 atom stereocenters. The van der Waals surface area contributed by atoms with Gasteiger partial charge < -0.3 is 0 Å². The van der Waals surface area contributed by atoms with Crippen LogP contribution in [-0.2, 0) is 5.41 Å². The summed E-state index contributed by atoms with van der Waals surface area (Å²) in [6.45, 7) is 6.58. The van der Waals surface area contributed by atoms with Gasteiger partial charge in [0.15, 0.2) is 0 Å². The van der Waals surface area contributed by atoms with Crippen LogP contribution in [0.4, 0.5) is 0 Å². The molecule has 0 N–H and O–H groups in total. The smallest absolute Gasteiger partial charge is 0.0668 e. The molecule has 5 rings (SSSR count). The Balaban J connectivity index is 1.83. The van der Waals surface area contributed by atoms with Crippen molar-refractivity contribution in [2.45, 2.75) is 32.6 Å². The van der Waals surface area contributed by atoms with E-state index in [1.54, 1.807) is 0 Å². The van der Waals surface area contributed by atoms with Gasteiger partial charge in [0.2, 0.25) is 0 Å². The summed E-state index contributed by atoms with van der Waals surface area (Å²) in [5.41, 5.74) is 11.5. The van der Waals surface area contributed by atoms with Crippen molar-refractivity contribution < 1.29 is 0 Å². The average molecular weight is 427 g/mol. The lowest BCUT2D eigenvalue weighted by Crippen LogP contribution is -2.32. The van der Waals surface area contributed by atoms with Crippen LogP contribution >= 0.6 is 0 Å². The van der Waals surface area contributed by atoms with Crippen molar-refractivity contribution in [3.8, 4) is 0 Å². The molecule has 0 saturated carbocycles. The Morgan fingerprint density at radius 3 is 1.48 bits per heavy atom. The van der Waals surface area contributed by atoms with Gasteiger partial charge in [-0.2, -0.15) is 0 Å². The zero-order valence-electron chi connectivity index (χ0n) is 19.7. The number of allylic oxidation sites excluding steroid dienone is 4. The molecule has 1 aliphatic rings. The molecule has 0 bridgehead atoms. The highest BCUT2D eigenvalue weighted by molar-refractivity contribution is 5.80. The SMILES string of the molecule is Cc1cccc(C(C2=CC(c3ccccc3)=CC2)(c2cccc(C)c2)c2cccc(C)c2)c1. The van der Waals surface area contributed by atoms with Crippen LogP contribution in [0.1, 0.15) is 45.4 Å². The number of benzene rings is 4. The van der Waals surface area contributed by atoms with Crippen molar-refractivity contribution in [3.05, 3.63) is 160 Å². The van der Waals surface area contributed by atoms with Gasteiger partial charge in [0.05, 0.1) is 5.41 Å². The van der Waals surface area contributed by atoms with Crippen LogP contribution in [-0.4, -0.2) is 0 Å². The van der Waals surface area contributed by atoms with Gasteiger partial charge in [-0.25, -0.2) is 0 Å². The molecule has 4 aromatic carbocycles. The second-order valence-electron chi connectivity index (χ2n) is 9.26. The molecular formula is C33H30. The summed E-state index contributed by atoms with van der Waals surface area (Å²) >= 11 is 0. The highest BCUT2D eigenvalue weighted by atomic mass is 14.4. The van der Waals surface area contributed by atoms with E-state index in [0.29, 0.717) is 0 Å². The molecule has 4 aromatic rings. The standard InChI is InChI=1S/C33H30/c1-24-10-7-15-29(20-24)33(30-16-8-11-25(2)21-30,31-17-9-12-26(3)22-31)32-19-18-28(23-32)27-13-5-4-6-14-27/h4-18,20-23H,19H2,1-3H3. The first kappa shape index (κ1) is 21.2. The Labute approximate surface area is 198 Å². The zero-order valence-corrected chi connectivity index (χ0v) is 19.7. The minimum atomic E-state index is -0.350. The predicted octanol–water partition coefficient (Wildman–Crippen LogP) is 8.36. The van der Waals surface area contributed by atoms with Gasteiger partial charge in [-0.05, 0) is 60.6 Å². The van der Waals surface area contributed by atoms with Crippen LogP contribution in [0, 0.1) is 20.8 Å². The van der Waals surface area contributed by atoms with E-state index in [9.17, 15) is 0 Å². The predicted molar refractivity (Wildman–Crippen MR) is 141 cm³/mol. The molecule has 33 heavy (non-hydrogen) atoms. The van der Waals surface area contributed by atoms with Crippen LogP contribution in [0.2, 0.25) is 0 Å². The monoisotopic (exact) mass is 426 g/mol. The molecule has 0 amide bonds. The molecule has 0 heterocycles. The maximum Gasteiger partial charge on any atom is 0.0668 e. The van der Waals surface area contributed by atoms with Crippen molar-refractivity contribution in [3.63, 3.8) is 0 Å².